The van der Waals surface area contributed by atoms with Crippen LogP contribution in [0.5, 0.6) is 0 Å². The second-order valence-electron chi connectivity index (χ2n) is 5.88. The zero-order chi connectivity index (χ0) is 13.1. The van der Waals surface area contributed by atoms with Crippen LogP contribution < -0.4 is 0 Å². The zero-order valence-electron chi connectivity index (χ0n) is 11.0. The summed E-state index contributed by atoms with van der Waals surface area (Å²) in [4.78, 5) is 0. The van der Waals surface area contributed by atoms with Gasteiger partial charge < -0.3 is 23.7 Å². The first-order valence-corrected chi connectivity index (χ1v) is 6.24. The van der Waals surface area contributed by atoms with Crippen molar-refractivity contribution in [1.82, 2.24) is 0 Å². The van der Waals surface area contributed by atoms with Crippen LogP contribution >= 0.6 is 0 Å². The normalized spacial score (nSPS) is 49.5. The van der Waals surface area contributed by atoms with Gasteiger partial charge in [-0.2, -0.15) is 0 Å². The average Bonchev–Trinajstić information content (AvgIpc) is 2.81. The molecule has 2 unspecified atom stereocenters. The fraction of sp³-hybridized carbons (Fsp3) is 1.00. The largest absolute Gasteiger partial charge is 0.348 e. The molecule has 0 aromatic carbocycles. The van der Waals surface area contributed by atoms with Gasteiger partial charge in [-0.3, -0.25) is 0 Å². The van der Waals surface area contributed by atoms with Gasteiger partial charge in [-0.05, 0) is 27.7 Å². The van der Waals surface area contributed by atoms with E-state index in [9.17, 15) is 4.39 Å². The number of alkyl halides is 1. The van der Waals surface area contributed by atoms with E-state index in [0.717, 1.165) is 0 Å². The Morgan fingerprint density at radius 2 is 1.56 bits per heavy atom. The van der Waals surface area contributed by atoms with Crippen molar-refractivity contribution >= 4 is 0 Å². The minimum absolute atomic E-state index is 0.328. The molecule has 3 saturated heterocycles. The molecule has 0 aromatic rings. The monoisotopic (exact) mass is 262 g/mol. The zero-order valence-corrected chi connectivity index (χ0v) is 11.0. The Bertz CT molecular complexity index is 345. The van der Waals surface area contributed by atoms with E-state index in [1.807, 2.05) is 13.8 Å². The molecule has 3 heterocycles. The molecule has 3 aliphatic heterocycles. The fourth-order valence-electron chi connectivity index (χ4n) is 2.76. The third kappa shape index (κ3) is 2.06. The first-order valence-electron chi connectivity index (χ1n) is 6.24. The first kappa shape index (κ1) is 12.7. The maximum Gasteiger partial charge on any atom is 0.228 e. The Morgan fingerprint density at radius 3 is 2.17 bits per heavy atom. The highest BCUT2D eigenvalue weighted by Gasteiger charge is 2.59. The maximum atomic E-state index is 13.8. The van der Waals surface area contributed by atoms with E-state index in [1.165, 1.54) is 0 Å². The van der Waals surface area contributed by atoms with Crippen molar-refractivity contribution in [3.8, 4) is 0 Å². The number of ether oxygens (including phenoxy) is 5. The van der Waals surface area contributed by atoms with Crippen LogP contribution in [0, 0.1) is 0 Å². The van der Waals surface area contributed by atoms with Crippen LogP contribution in [0.25, 0.3) is 0 Å². The van der Waals surface area contributed by atoms with E-state index in [-0.39, 0.29) is 6.10 Å². The summed E-state index contributed by atoms with van der Waals surface area (Å²) in [7, 11) is 0. The molecular weight excluding hydrogens is 243 g/mol. The lowest BCUT2D eigenvalue weighted by atomic mass is 10.1. The quantitative estimate of drug-likeness (QED) is 0.714. The highest BCUT2D eigenvalue weighted by molar-refractivity contribution is 4.99. The molecule has 0 aliphatic carbocycles. The minimum atomic E-state index is -1.48. The maximum absolute atomic E-state index is 13.8. The molecule has 3 fully saturated rings. The molecule has 0 radical (unpaired) electrons. The van der Waals surface area contributed by atoms with Crippen LogP contribution in [0.3, 0.4) is 0 Å². The van der Waals surface area contributed by atoms with Crippen LogP contribution in [0.15, 0.2) is 0 Å². The van der Waals surface area contributed by atoms with Gasteiger partial charge in [-0.1, -0.05) is 0 Å². The summed E-state index contributed by atoms with van der Waals surface area (Å²) in [5.74, 6) is -1.44. The molecule has 3 aliphatic rings. The van der Waals surface area contributed by atoms with Crippen molar-refractivity contribution < 1.29 is 28.1 Å². The van der Waals surface area contributed by atoms with Gasteiger partial charge in [0.2, 0.25) is 6.36 Å². The van der Waals surface area contributed by atoms with Gasteiger partial charge in [0.25, 0.3) is 0 Å². The number of halogens is 1. The van der Waals surface area contributed by atoms with Crippen molar-refractivity contribution in [2.45, 2.75) is 70.0 Å². The molecule has 0 amide bonds. The van der Waals surface area contributed by atoms with Gasteiger partial charge >= 0.3 is 0 Å². The number of hydrogen-bond acceptors (Lipinski definition) is 5. The van der Waals surface area contributed by atoms with Gasteiger partial charge in [-0.25, -0.2) is 4.39 Å². The first-order chi connectivity index (χ1) is 8.27. The van der Waals surface area contributed by atoms with Crippen LogP contribution in [-0.2, 0) is 23.7 Å². The molecule has 3 rings (SSSR count). The number of rotatable bonds is 1. The molecule has 6 heteroatoms. The van der Waals surface area contributed by atoms with Crippen molar-refractivity contribution in [2.24, 2.45) is 0 Å². The van der Waals surface area contributed by atoms with E-state index in [1.54, 1.807) is 13.8 Å². The van der Waals surface area contributed by atoms with Gasteiger partial charge in [-0.15, -0.1) is 0 Å². The van der Waals surface area contributed by atoms with Crippen molar-refractivity contribution in [1.29, 1.82) is 0 Å². The predicted octanol–water partition coefficient (Wildman–Crippen LogP) is 1.35. The Morgan fingerprint density at radius 1 is 0.889 bits per heavy atom. The van der Waals surface area contributed by atoms with Crippen LogP contribution in [0.1, 0.15) is 27.7 Å². The van der Waals surface area contributed by atoms with Crippen molar-refractivity contribution in [3.63, 3.8) is 0 Å². The summed E-state index contributed by atoms with van der Waals surface area (Å²) >= 11 is 0. The van der Waals surface area contributed by atoms with Gasteiger partial charge in [0.05, 0.1) is 6.61 Å². The molecule has 0 bridgehead atoms. The minimum Gasteiger partial charge on any atom is -0.348 e. The molecule has 0 saturated carbocycles. The van der Waals surface area contributed by atoms with E-state index in [2.05, 4.69) is 0 Å². The third-order valence-corrected chi connectivity index (χ3v) is 3.43. The second-order valence-corrected chi connectivity index (χ2v) is 5.88. The Kier molecular flexibility index (Phi) is 2.74. The number of fused-ring (bicyclic) bond motifs is 1. The molecule has 0 aromatic heterocycles. The Labute approximate surface area is 105 Å². The van der Waals surface area contributed by atoms with E-state index < -0.39 is 36.2 Å². The Hall–Kier alpha value is -0.270. The van der Waals surface area contributed by atoms with Crippen LogP contribution in [-0.4, -0.2) is 49.0 Å². The summed E-state index contributed by atoms with van der Waals surface area (Å²) in [5, 5.41) is 0. The lowest BCUT2D eigenvalue weighted by Crippen LogP contribution is -2.40. The SMILES string of the molecule is CC1(C)OCC([C@H]2O[C@H](F)[C@@H]3OC(C)(C)OC23)O1. The molecule has 18 heavy (non-hydrogen) atoms. The van der Waals surface area contributed by atoms with E-state index >= 15 is 0 Å². The predicted molar refractivity (Wildman–Crippen MR) is 58.5 cm³/mol. The number of hydrogen-bond donors (Lipinski definition) is 0. The third-order valence-electron chi connectivity index (χ3n) is 3.43. The lowest BCUT2D eigenvalue weighted by Gasteiger charge is -2.25. The molecular formula is C12H19FO5. The molecule has 104 valence electrons. The van der Waals surface area contributed by atoms with Crippen LogP contribution in [0.4, 0.5) is 4.39 Å². The Balaban J connectivity index is 1.75. The fourth-order valence-corrected chi connectivity index (χ4v) is 2.76. The summed E-state index contributed by atoms with van der Waals surface area (Å²) in [6.07, 6.45) is -3.43. The van der Waals surface area contributed by atoms with E-state index in [4.69, 9.17) is 23.7 Å². The summed E-state index contributed by atoms with van der Waals surface area (Å²) < 4.78 is 41.5. The van der Waals surface area contributed by atoms with E-state index in [0.29, 0.717) is 6.61 Å². The molecule has 5 atom stereocenters. The molecule has 0 N–H and O–H groups in total. The molecule has 5 nitrogen and oxygen atoms in total. The van der Waals surface area contributed by atoms with Gasteiger partial charge in [0, 0.05) is 0 Å². The lowest BCUT2D eigenvalue weighted by molar-refractivity contribution is -0.221. The topological polar surface area (TPSA) is 46.2 Å². The highest BCUT2D eigenvalue weighted by Crippen LogP contribution is 2.42. The average molecular weight is 262 g/mol. The van der Waals surface area contributed by atoms with Gasteiger partial charge in [0.15, 0.2) is 11.6 Å². The summed E-state index contributed by atoms with van der Waals surface area (Å²) in [6, 6.07) is 0. The standard InChI is InChI=1S/C12H19FO5/c1-11(2)14-5-6(16-11)7-8-9(10(13)15-7)18-12(3,4)17-8/h6-10H,5H2,1-4H3/t6?,7-,8?,9-,10+/m1/s1. The summed E-state index contributed by atoms with van der Waals surface area (Å²) in [5.41, 5.74) is 0. The van der Waals surface area contributed by atoms with Gasteiger partial charge in [0.1, 0.15) is 24.4 Å². The van der Waals surface area contributed by atoms with Crippen molar-refractivity contribution in [3.05, 3.63) is 0 Å². The van der Waals surface area contributed by atoms with Crippen LogP contribution in [0.2, 0.25) is 0 Å². The van der Waals surface area contributed by atoms with Crippen molar-refractivity contribution in [2.75, 3.05) is 6.61 Å². The summed E-state index contributed by atoms with van der Waals surface area (Å²) in [6.45, 7) is 7.55. The molecule has 0 spiro atoms. The highest BCUT2D eigenvalue weighted by atomic mass is 19.1. The second kappa shape index (κ2) is 3.86. The smallest absolute Gasteiger partial charge is 0.228 e.